The number of aliphatic hydroxyl groups excluding tert-OH is 1. The first-order chi connectivity index (χ1) is 6.68. The van der Waals surface area contributed by atoms with Gasteiger partial charge < -0.3 is 5.11 Å². The maximum Gasteiger partial charge on any atom is 0.348 e. The molecule has 0 saturated carbocycles. The van der Waals surface area contributed by atoms with Crippen LogP contribution in [0.3, 0.4) is 0 Å². The molecule has 1 aromatic rings. The minimum Gasteiger partial charge on any atom is -0.386 e. The Morgan fingerprint density at radius 3 is 3.00 bits per heavy atom. The lowest BCUT2D eigenvalue weighted by Gasteiger charge is -2.10. The summed E-state index contributed by atoms with van der Waals surface area (Å²) in [6, 6.07) is 1.17. The van der Waals surface area contributed by atoms with E-state index in [2.05, 4.69) is 4.98 Å². The van der Waals surface area contributed by atoms with Crippen molar-refractivity contribution in [3.05, 3.63) is 40.8 Å². The van der Waals surface area contributed by atoms with Crippen LogP contribution in [0.1, 0.15) is 12.5 Å². The van der Waals surface area contributed by atoms with Crippen LogP contribution in [0.5, 0.6) is 0 Å². The van der Waals surface area contributed by atoms with Crippen LogP contribution >= 0.6 is 0 Å². The molecule has 2 rings (SSSR count). The highest BCUT2D eigenvalue weighted by atomic mass is 19.1. The number of aliphatic hydroxyl groups is 1. The van der Waals surface area contributed by atoms with Crippen molar-refractivity contribution >= 4 is 0 Å². The summed E-state index contributed by atoms with van der Waals surface area (Å²) >= 11 is 0. The average Bonchev–Trinajstić information content (AvgIpc) is 2.48. The molecule has 74 valence electrons. The lowest BCUT2D eigenvalue weighted by molar-refractivity contribution is 0.177. The highest BCUT2D eigenvalue weighted by molar-refractivity contribution is 5.12. The van der Waals surface area contributed by atoms with Crippen LogP contribution in [0.4, 0.5) is 4.39 Å². The SMILES string of the molecule is O=c1ncccn1[C@H]1C=C(F)[C@@H](O)C1. The number of rotatable bonds is 1. The topological polar surface area (TPSA) is 55.1 Å². The van der Waals surface area contributed by atoms with E-state index in [0.29, 0.717) is 0 Å². The van der Waals surface area contributed by atoms with Crippen molar-refractivity contribution < 1.29 is 9.50 Å². The van der Waals surface area contributed by atoms with Crippen LogP contribution in [0.25, 0.3) is 0 Å². The van der Waals surface area contributed by atoms with Crippen LogP contribution in [0.2, 0.25) is 0 Å². The molecule has 1 aliphatic rings. The minimum absolute atomic E-state index is 0.192. The Kier molecular flexibility index (Phi) is 2.17. The Bertz CT molecular complexity index is 427. The molecule has 4 nitrogen and oxygen atoms in total. The van der Waals surface area contributed by atoms with E-state index < -0.39 is 23.7 Å². The average molecular weight is 196 g/mol. The third kappa shape index (κ3) is 1.46. The molecular formula is C9H9FN2O2. The van der Waals surface area contributed by atoms with Crippen molar-refractivity contribution in [2.75, 3.05) is 0 Å². The number of allylic oxidation sites excluding steroid dienone is 1. The maximum absolute atomic E-state index is 12.9. The van der Waals surface area contributed by atoms with Crippen molar-refractivity contribution in [1.29, 1.82) is 0 Å². The molecule has 1 heterocycles. The van der Waals surface area contributed by atoms with E-state index in [-0.39, 0.29) is 6.42 Å². The molecule has 14 heavy (non-hydrogen) atoms. The summed E-state index contributed by atoms with van der Waals surface area (Å²) in [6.07, 6.45) is 3.25. The summed E-state index contributed by atoms with van der Waals surface area (Å²) in [5.41, 5.74) is -0.435. The molecule has 0 unspecified atom stereocenters. The zero-order valence-electron chi connectivity index (χ0n) is 7.30. The van der Waals surface area contributed by atoms with Gasteiger partial charge in [-0.25, -0.2) is 14.2 Å². The Labute approximate surface area is 79.3 Å². The van der Waals surface area contributed by atoms with Gasteiger partial charge in [-0.15, -0.1) is 0 Å². The fourth-order valence-electron chi connectivity index (χ4n) is 1.52. The first kappa shape index (κ1) is 9.08. The summed E-state index contributed by atoms with van der Waals surface area (Å²) in [5.74, 6) is -0.578. The van der Waals surface area contributed by atoms with Gasteiger partial charge in [-0.1, -0.05) is 0 Å². The second kappa shape index (κ2) is 3.34. The van der Waals surface area contributed by atoms with E-state index in [0.717, 1.165) is 0 Å². The highest BCUT2D eigenvalue weighted by Gasteiger charge is 2.26. The second-order valence-corrected chi connectivity index (χ2v) is 3.18. The van der Waals surface area contributed by atoms with Gasteiger partial charge in [0.05, 0.1) is 6.04 Å². The molecule has 5 heteroatoms. The van der Waals surface area contributed by atoms with E-state index in [1.165, 1.54) is 23.0 Å². The Balaban J connectivity index is 2.35. The normalized spacial score (nSPS) is 26.3. The van der Waals surface area contributed by atoms with E-state index in [1.807, 2.05) is 0 Å². The van der Waals surface area contributed by atoms with Crippen molar-refractivity contribution in [1.82, 2.24) is 9.55 Å². The van der Waals surface area contributed by atoms with Crippen LogP contribution in [0, 0.1) is 0 Å². The molecular weight excluding hydrogens is 187 g/mol. The number of aromatic nitrogens is 2. The smallest absolute Gasteiger partial charge is 0.348 e. The minimum atomic E-state index is -1.09. The van der Waals surface area contributed by atoms with Crippen LogP contribution < -0.4 is 5.69 Å². The van der Waals surface area contributed by atoms with Gasteiger partial charge in [0.15, 0.2) is 0 Å². The Morgan fingerprint density at radius 1 is 1.64 bits per heavy atom. The number of hydrogen-bond donors (Lipinski definition) is 1. The fourth-order valence-corrected chi connectivity index (χ4v) is 1.52. The van der Waals surface area contributed by atoms with Gasteiger partial charge in [-0.2, -0.15) is 0 Å². The summed E-state index contributed by atoms with van der Waals surface area (Å²) in [6.45, 7) is 0. The van der Waals surface area contributed by atoms with E-state index in [4.69, 9.17) is 5.11 Å². The zero-order valence-corrected chi connectivity index (χ0v) is 7.30. The van der Waals surface area contributed by atoms with Gasteiger partial charge in [0.1, 0.15) is 11.9 Å². The molecule has 0 radical (unpaired) electrons. The first-order valence-corrected chi connectivity index (χ1v) is 4.27. The van der Waals surface area contributed by atoms with Crippen LogP contribution in [0.15, 0.2) is 35.2 Å². The molecule has 1 aliphatic carbocycles. The van der Waals surface area contributed by atoms with Gasteiger partial charge in [-0.3, -0.25) is 4.57 Å². The molecule has 0 fully saturated rings. The quantitative estimate of drug-likeness (QED) is 0.707. The summed E-state index contributed by atoms with van der Waals surface area (Å²) in [7, 11) is 0. The van der Waals surface area contributed by atoms with Gasteiger partial charge in [0, 0.05) is 18.8 Å². The van der Waals surface area contributed by atoms with Crippen molar-refractivity contribution in [3.63, 3.8) is 0 Å². The predicted molar refractivity (Wildman–Crippen MR) is 47.3 cm³/mol. The second-order valence-electron chi connectivity index (χ2n) is 3.18. The number of nitrogens with zero attached hydrogens (tertiary/aromatic N) is 2. The van der Waals surface area contributed by atoms with Gasteiger partial charge in [0.2, 0.25) is 0 Å². The lowest BCUT2D eigenvalue weighted by Crippen LogP contribution is -2.25. The van der Waals surface area contributed by atoms with Gasteiger partial charge >= 0.3 is 5.69 Å². The molecule has 0 amide bonds. The Hall–Kier alpha value is -1.49. The van der Waals surface area contributed by atoms with Crippen molar-refractivity contribution in [2.24, 2.45) is 0 Å². The molecule has 0 spiro atoms. The summed E-state index contributed by atoms with van der Waals surface area (Å²) in [5, 5.41) is 9.14. The van der Waals surface area contributed by atoms with Crippen LogP contribution in [-0.4, -0.2) is 20.8 Å². The Morgan fingerprint density at radius 2 is 2.43 bits per heavy atom. The van der Waals surface area contributed by atoms with Crippen molar-refractivity contribution in [2.45, 2.75) is 18.6 Å². The molecule has 0 aliphatic heterocycles. The first-order valence-electron chi connectivity index (χ1n) is 4.27. The largest absolute Gasteiger partial charge is 0.386 e. The monoisotopic (exact) mass is 196 g/mol. The number of hydrogen-bond acceptors (Lipinski definition) is 3. The summed E-state index contributed by atoms with van der Waals surface area (Å²) in [4.78, 5) is 14.8. The fraction of sp³-hybridized carbons (Fsp3) is 0.333. The molecule has 0 saturated heterocycles. The standard InChI is InChI=1S/C9H9FN2O2/c10-7-4-6(5-8(7)13)12-3-1-2-11-9(12)14/h1-4,6,8,13H,5H2/t6-,8-/m0/s1. The van der Waals surface area contributed by atoms with E-state index >= 15 is 0 Å². The molecule has 2 atom stereocenters. The third-order valence-corrected chi connectivity index (χ3v) is 2.23. The van der Waals surface area contributed by atoms with E-state index in [1.54, 1.807) is 6.07 Å². The molecule has 0 aromatic carbocycles. The van der Waals surface area contributed by atoms with Crippen molar-refractivity contribution in [3.8, 4) is 0 Å². The lowest BCUT2D eigenvalue weighted by atomic mass is 10.2. The predicted octanol–water partition coefficient (Wildman–Crippen LogP) is 0.402. The van der Waals surface area contributed by atoms with E-state index in [9.17, 15) is 9.18 Å². The molecule has 1 aromatic heterocycles. The third-order valence-electron chi connectivity index (χ3n) is 2.23. The van der Waals surface area contributed by atoms with Gasteiger partial charge in [-0.05, 0) is 12.1 Å². The zero-order chi connectivity index (χ0) is 10.1. The summed E-state index contributed by atoms with van der Waals surface area (Å²) < 4.78 is 14.2. The molecule has 1 N–H and O–H groups in total. The molecule has 0 bridgehead atoms. The highest BCUT2D eigenvalue weighted by Crippen LogP contribution is 2.27. The number of halogens is 1. The van der Waals surface area contributed by atoms with Gasteiger partial charge in [0.25, 0.3) is 0 Å². The van der Waals surface area contributed by atoms with Crippen LogP contribution in [-0.2, 0) is 0 Å². The maximum atomic E-state index is 12.9.